The van der Waals surface area contributed by atoms with Crippen LogP contribution in [0, 0.1) is 0 Å². The Morgan fingerprint density at radius 1 is 1.08 bits per heavy atom. The third-order valence-electron chi connectivity index (χ3n) is 5.49. The molecule has 0 amide bonds. The molecule has 0 spiro atoms. The van der Waals surface area contributed by atoms with E-state index >= 15 is 0 Å². The smallest absolute Gasteiger partial charge is 0.187 e. The minimum atomic E-state index is -0.0773. The first-order valence-corrected chi connectivity index (χ1v) is 9.34. The van der Waals surface area contributed by atoms with Gasteiger partial charge in [-0.05, 0) is 49.8 Å². The third kappa shape index (κ3) is 3.03. The summed E-state index contributed by atoms with van der Waals surface area (Å²) in [5, 5.41) is 0. The van der Waals surface area contributed by atoms with Crippen LogP contribution in [-0.2, 0) is 10.2 Å². The summed E-state index contributed by atoms with van der Waals surface area (Å²) < 4.78 is 0. The fourth-order valence-electron chi connectivity index (χ4n) is 3.92. The highest BCUT2D eigenvalue weighted by atomic mass is 16.1. The molecule has 0 saturated heterocycles. The van der Waals surface area contributed by atoms with E-state index in [9.17, 15) is 4.79 Å². The van der Waals surface area contributed by atoms with Gasteiger partial charge in [-0.3, -0.25) is 4.79 Å². The van der Waals surface area contributed by atoms with E-state index in [0.717, 1.165) is 24.4 Å². The average molecular weight is 348 g/mol. The molecule has 0 atom stereocenters. The van der Waals surface area contributed by atoms with Crippen LogP contribution in [0.5, 0.6) is 0 Å². The molecule has 0 saturated carbocycles. The Morgan fingerprint density at radius 3 is 2.38 bits per heavy atom. The van der Waals surface area contributed by atoms with Crippen molar-refractivity contribution in [1.29, 1.82) is 0 Å². The van der Waals surface area contributed by atoms with Crippen molar-refractivity contribution >= 4 is 11.5 Å². The highest BCUT2D eigenvalue weighted by Crippen LogP contribution is 2.46. The summed E-state index contributed by atoms with van der Waals surface area (Å²) in [6.45, 7) is 10.5. The third-order valence-corrected chi connectivity index (χ3v) is 5.49. The zero-order valence-corrected chi connectivity index (χ0v) is 16.4. The molecule has 1 heterocycles. The van der Waals surface area contributed by atoms with E-state index in [2.05, 4.69) is 74.9 Å². The van der Waals surface area contributed by atoms with Gasteiger partial charge in [-0.2, -0.15) is 0 Å². The lowest BCUT2D eigenvalue weighted by atomic mass is 9.83. The number of para-hydroxylation sites is 1. The largest absolute Gasteiger partial charge is 0.372 e. The topological polar surface area (TPSA) is 23.6 Å². The number of carbonyl (C=O) groups excluding carboxylic acids is 1. The Morgan fingerprint density at radius 2 is 1.77 bits per heavy atom. The number of nitrogens with zero attached hydrogens (tertiary/aromatic N) is 2. The second kappa shape index (κ2) is 6.99. The Hall–Kier alpha value is -2.55. The lowest BCUT2D eigenvalue weighted by Crippen LogP contribution is -2.23. The van der Waals surface area contributed by atoms with Gasteiger partial charge in [0.2, 0.25) is 0 Å². The summed E-state index contributed by atoms with van der Waals surface area (Å²) in [5.74, 6) is 0.0715. The van der Waals surface area contributed by atoms with Gasteiger partial charge >= 0.3 is 0 Å². The van der Waals surface area contributed by atoms with Crippen molar-refractivity contribution in [1.82, 2.24) is 4.90 Å². The maximum absolute atomic E-state index is 12.5. The summed E-state index contributed by atoms with van der Waals surface area (Å²) in [6.07, 6.45) is 9.76. The van der Waals surface area contributed by atoms with Gasteiger partial charge in [-0.15, -0.1) is 0 Å². The molecule has 0 aromatic heterocycles. The average Bonchev–Trinajstić information content (AvgIpc) is 2.82. The van der Waals surface area contributed by atoms with Crippen LogP contribution in [0.25, 0.3) is 0 Å². The summed E-state index contributed by atoms with van der Waals surface area (Å²) in [5.41, 5.74) is 5.40. The van der Waals surface area contributed by atoms with Crippen LogP contribution >= 0.6 is 0 Å². The molecule has 3 rings (SSSR count). The fraction of sp³-hybridized carbons (Fsp3) is 0.348. The number of fused-ring (bicyclic) bond motifs is 1. The minimum Gasteiger partial charge on any atom is -0.372 e. The van der Waals surface area contributed by atoms with Crippen molar-refractivity contribution in [3.05, 3.63) is 77.2 Å². The second-order valence-electron chi connectivity index (χ2n) is 7.31. The van der Waals surface area contributed by atoms with Crippen molar-refractivity contribution in [3.63, 3.8) is 0 Å². The van der Waals surface area contributed by atoms with E-state index in [4.69, 9.17) is 0 Å². The van der Waals surface area contributed by atoms with Gasteiger partial charge in [0.25, 0.3) is 0 Å². The Labute approximate surface area is 157 Å². The van der Waals surface area contributed by atoms with Crippen molar-refractivity contribution in [2.24, 2.45) is 0 Å². The van der Waals surface area contributed by atoms with Gasteiger partial charge in [-0.1, -0.05) is 32.0 Å². The lowest BCUT2D eigenvalue weighted by molar-refractivity contribution is -0.111. The molecule has 0 radical (unpaired) electrons. The number of benzene rings is 1. The van der Waals surface area contributed by atoms with Crippen molar-refractivity contribution in [3.8, 4) is 0 Å². The molecule has 1 aliphatic heterocycles. The van der Waals surface area contributed by atoms with Gasteiger partial charge in [-0.25, -0.2) is 0 Å². The first kappa shape index (κ1) is 18.2. The van der Waals surface area contributed by atoms with E-state index < -0.39 is 0 Å². The summed E-state index contributed by atoms with van der Waals surface area (Å²) in [4.78, 5) is 17.0. The standard InChI is InChI=1S/C23H28N2O/c1-6-25(7-2)18-14-12-17(21(26)16-18)13-15-22-23(3,4)19-10-8-9-11-20(19)24(22)5/h8-16H,6-7H2,1-5H3/b17-13+,22-15+. The summed E-state index contributed by atoms with van der Waals surface area (Å²) in [7, 11) is 2.09. The molecule has 2 aliphatic rings. The van der Waals surface area contributed by atoms with Crippen LogP contribution in [0.1, 0.15) is 33.3 Å². The normalized spacial score (nSPS) is 21.3. The molecule has 1 aromatic carbocycles. The summed E-state index contributed by atoms with van der Waals surface area (Å²) in [6, 6.07) is 8.49. The molecule has 3 nitrogen and oxygen atoms in total. The van der Waals surface area contributed by atoms with E-state index in [1.807, 2.05) is 18.2 Å². The molecule has 3 heteroatoms. The van der Waals surface area contributed by atoms with Gasteiger partial charge in [0.05, 0.1) is 0 Å². The number of allylic oxidation sites excluding steroid dienone is 7. The van der Waals surface area contributed by atoms with Crippen LogP contribution < -0.4 is 4.90 Å². The van der Waals surface area contributed by atoms with Crippen molar-refractivity contribution in [2.45, 2.75) is 33.1 Å². The Bertz CT molecular complexity index is 836. The predicted octanol–water partition coefficient (Wildman–Crippen LogP) is 4.59. The molecule has 136 valence electrons. The van der Waals surface area contributed by atoms with Gasteiger partial charge in [0.15, 0.2) is 5.78 Å². The van der Waals surface area contributed by atoms with Crippen LogP contribution in [0.2, 0.25) is 0 Å². The highest BCUT2D eigenvalue weighted by Gasteiger charge is 2.37. The van der Waals surface area contributed by atoms with Gasteiger partial charge in [0, 0.05) is 54.3 Å². The Kier molecular flexibility index (Phi) is 4.90. The molecule has 0 unspecified atom stereocenters. The number of hydrogen-bond acceptors (Lipinski definition) is 3. The number of anilines is 1. The fourth-order valence-corrected chi connectivity index (χ4v) is 3.92. The number of rotatable bonds is 4. The molecule has 0 N–H and O–H groups in total. The van der Waals surface area contributed by atoms with E-state index in [1.54, 1.807) is 6.08 Å². The first-order chi connectivity index (χ1) is 12.4. The van der Waals surface area contributed by atoms with Crippen LogP contribution in [0.15, 0.2) is 71.6 Å². The maximum atomic E-state index is 12.5. The number of likely N-dealkylation sites (N-methyl/N-ethyl adjacent to an activating group) is 2. The highest BCUT2D eigenvalue weighted by molar-refractivity contribution is 6.08. The molecule has 0 bridgehead atoms. The SMILES string of the molecule is CCN(CC)C1=CC(=O)/C(=C/C=C2/N(C)c3ccccc3C2(C)C)C=C1. The second-order valence-corrected chi connectivity index (χ2v) is 7.31. The Balaban J connectivity index is 1.89. The predicted molar refractivity (Wildman–Crippen MR) is 109 cm³/mol. The monoisotopic (exact) mass is 348 g/mol. The van der Waals surface area contributed by atoms with E-state index in [0.29, 0.717) is 0 Å². The van der Waals surface area contributed by atoms with Crippen LogP contribution in [-0.4, -0.2) is 30.8 Å². The van der Waals surface area contributed by atoms with Crippen molar-refractivity contribution < 1.29 is 4.79 Å². The zero-order chi connectivity index (χ0) is 18.9. The molecular formula is C23H28N2O. The number of carbonyl (C=O) groups is 1. The minimum absolute atomic E-state index is 0.0715. The molecule has 1 aliphatic carbocycles. The zero-order valence-electron chi connectivity index (χ0n) is 16.4. The first-order valence-electron chi connectivity index (χ1n) is 9.34. The van der Waals surface area contributed by atoms with Crippen molar-refractivity contribution in [2.75, 3.05) is 25.0 Å². The van der Waals surface area contributed by atoms with Gasteiger partial charge in [0.1, 0.15) is 0 Å². The molecule has 0 fully saturated rings. The maximum Gasteiger partial charge on any atom is 0.187 e. The lowest BCUT2D eigenvalue weighted by Gasteiger charge is -2.24. The van der Waals surface area contributed by atoms with Crippen LogP contribution in [0.3, 0.4) is 0 Å². The van der Waals surface area contributed by atoms with E-state index in [-0.39, 0.29) is 11.2 Å². The quantitative estimate of drug-likeness (QED) is 0.744. The van der Waals surface area contributed by atoms with Crippen LogP contribution in [0.4, 0.5) is 5.69 Å². The molecule has 26 heavy (non-hydrogen) atoms. The molecular weight excluding hydrogens is 320 g/mol. The van der Waals surface area contributed by atoms with E-state index in [1.165, 1.54) is 16.9 Å². The number of ketones is 1. The molecule has 1 aromatic rings. The number of hydrogen-bond donors (Lipinski definition) is 0. The van der Waals surface area contributed by atoms with Gasteiger partial charge < -0.3 is 9.80 Å². The summed E-state index contributed by atoms with van der Waals surface area (Å²) >= 11 is 0.